The molecule has 0 spiro atoms. The Balaban J connectivity index is 1.58. The zero-order chi connectivity index (χ0) is 20.4. The van der Waals surface area contributed by atoms with Crippen molar-refractivity contribution in [1.82, 2.24) is 4.98 Å². The molecule has 1 aromatic heterocycles. The van der Waals surface area contributed by atoms with Crippen LogP contribution in [0.5, 0.6) is 11.5 Å². The Hall–Kier alpha value is -3.12. The number of nitrogens with zero attached hydrogens (tertiary/aromatic N) is 2. The highest BCUT2D eigenvalue weighted by molar-refractivity contribution is 9.10. The summed E-state index contributed by atoms with van der Waals surface area (Å²) in [5.74, 6) is 1.02. The van der Waals surface area contributed by atoms with Crippen LogP contribution in [-0.4, -0.2) is 23.4 Å². The number of aromatic hydroxyl groups is 1. The highest BCUT2D eigenvalue weighted by Crippen LogP contribution is 2.33. The number of hydrogen-bond acceptors (Lipinski definition) is 5. The number of aromatic nitrogens is 1. The summed E-state index contributed by atoms with van der Waals surface area (Å²) in [5, 5.41) is 10.2. The number of aliphatic imine (C=N–C) groups is 1. The van der Waals surface area contributed by atoms with Crippen LogP contribution in [0, 0.1) is 0 Å². The summed E-state index contributed by atoms with van der Waals surface area (Å²) in [4.78, 5) is 9.04. The van der Waals surface area contributed by atoms with Gasteiger partial charge in [0.1, 0.15) is 5.52 Å². The number of methoxy groups -OCH3 is 1. The highest BCUT2D eigenvalue weighted by atomic mass is 79.9. The minimum absolute atomic E-state index is 0.0500. The lowest BCUT2D eigenvalue weighted by Crippen LogP contribution is -1.89. The number of phenols is 1. The van der Waals surface area contributed by atoms with Gasteiger partial charge < -0.3 is 14.3 Å². The van der Waals surface area contributed by atoms with Gasteiger partial charge in [-0.15, -0.1) is 0 Å². The molecule has 0 aliphatic heterocycles. The zero-order valence-electron chi connectivity index (χ0n) is 16.0. The van der Waals surface area contributed by atoms with Gasteiger partial charge in [0.05, 0.1) is 12.8 Å². The molecule has 3 aromatic carbocycles. The molecule has 6 heteroatoms. The van der Waals surface area contributed by atoms with Crippen LogP contribution in [0.3, 0.4) is 0 Å². The molecule has 0 unspecified atom stereocenters. The van der Waals surface area contributed by atoms with Crippen LogP contribution in [-0.2, 0) is 6.42 Å². The second-order valence-electron chi connectivity index (χ2n) is 6.53. The van der Waals surface area contributed by atoms with E-state index in [4.69, 9.17) is 9.15 Å². The lowest BCUT2D eigenvalue weighted by molar-refractivity contribution is 0.373. The number of fused-ring (bicyclic) bond motifs is 1. The third-order valence-electron chi connectivity index (χ3n) is 4.62. The molecule has 0 radical (unpaired) electrons. The van der Waals surface area contributed by atoms with Gasteiger partial charge in [-0.2, -0.15) is 0 Å². The van der Waals surface area contributed by atoms with Gasteiger partial charge in [-0.25, -0.2) is 4.98 Å². The van der Waals surface area contributed by atoms with Crippen molar-refractivity contribution in [2.24, 2.45) is 4.99 Å². The summed E-state index contributed by atoms with van der Waals surface area (Å²) in [6.07, 6.45) is 2.56. The summed E-state index contributed by atoms with van der Waals surface area (Å²) < 4.78 is 11.8. The van der Waals surface area contributed by atoms with Crippen molar-refractivity contribution in [3.05, 3.63) is 70.2 Å². The average Bonchev–Trinajstić information content (AvgIpc) is 3.17. The third-order valence-corrected chi connectivity index (χ3v) is 5.07. The number of oxazole rings is 1. The monoisotopic (exact) mass is 450 g/mol. The fraction of sp³-hybridized carbons (Fsp3) is 0.130. The van der Waals surface area contributed by atoms with E-state index in [0.29, 0.717) is 17.2 Å². The normalized spacial score (nSPS) is 11.4. The van der Waals surface area contributed by atoms with Crippen LogP contribution in [0.25, 0.3) is 22.6 Å². The quantitative estimate of drug-likeness (QED) is 0.363. The summed E-state index contributed by atoms with van der Waals surface area (Å²) in [6, 6.07) is 17.1. The SMILES string of the molecule is CCc1ccc2oc(-c3ccc(N=Cc4cc(Br)cc(OC)c4O)cc3)nc2c1. The first-order valence-electron chi connectivity index (χ1n) is 9.18. The van der Waals surface area contributed by atoms with Crippen LogP contribution in [0.2, 0.25) is 0 Å². The van der Waals surface area contributed by atoms with Crippen LogP contribution >= 0.6 is 15.9 Å². The lowest BCUT2D eigenvalue weighted by atomic mass is 10.1. The molecular formula is C23H19BrN2O3. The van der Waals surface area contributed by atoms with E-state index in [0.717, 1.165) is 33.2 Å². The van der Waals surface area contributed by atoms with Crippen molar-refractivity contribution in [2.45, 2.75) is 13.3 Å². The molecule has 4 rings (SSSR count). The predicted molar refractivity (Wildman–Crippen MR) is 118 cm³/mol. The molecule has 0 aliphatic rings. The van der Waals surface area contributed by atoms with Crippen LogP contribution in [0.1, 0.15) is 18.1 Å². The Kier molecular flexibility index (Phi) is 5.36. The summed E-state index contributed by atoms with van der Waals surface area (Å²) in [5.41, 5.74) is 5.06. The Morgan fingerprint density at radius 1 is 1.14 bits per heavy atom. The van der Waals surface area contributed by atoms with Crippen molar-refractivity contribution >= 4 is 38.9 Å². The summed E-state index contributed by atoms with van der Waals surface area (Å²) in [6.45, 7) is 2.12. The van der Waals surface area contributed by atoms with E-state index in [9.17, 15) is 5.11 Å². The molecule has 4 aromatic rings. The minimum atomic E-state index is 0.0500. The van der Waals surface area contributed by atoms with E-state index in [1.165, 1.54) is 12.7 Å². The number of ether oxygens (including phenoxy) is 1. The number of halogens is 1. The Morgan fingerprint density at radius 3 is 2.66 bits per heavy atom. The predicted octanol–water partition coefficient (Wildman–Crippen LogP) is 6.28. The van der Waals surface area contributed by atoms with E-state index in [1.54, 1.807) is 18.3 Å². The molecule has 1 heterocycles. The summed E-state index contributed by atoms with van der Waals surface area (Å²) >= 11 is 3.40. The van der Waals surface area contributed by atoms with E-state index in [1.807, 2.05) is 30.3 Å². The van der Waals surface area contributed by atoms with Gasteiger partial charge in [-0.05, 0) is 60.5 Å². The topological polar surface area (TPSA) is 67.9 Å². The van der Waals surface area contributed by atoms with E-state index < -0.39 is 0 Å². The number of aryl methyl sites for hydroxylation is 1. The molecule has 0 atom stereocenters. The van der Waals surface area contributed by atoms with Gasteiger partial charge in [0.2, 0.25) is 5.89 Å². The fourth-order valence-electron chi connectivity index (χ4n) is 3.00. The lowest BCUT2D eigenvalue weighted by Gasteiger charge is -2.06. The smallest absolute Gasteiger partial charge is 0.227 e. The maximum absolute atomic E-state index is 10.2. The molecule has 0 saturated carbocycles. The minimum Gasteiger partial charge on any atom is -0.504 e. The van der Waals surface area contributed by atoms with Gasteiger partial charge in [0.25, 0.3) is 0 Å². The standard InChI is InChI=1S/C23H19BrN2O3/c1-3-14-4-9-20-19(10-14)26-23(29-20)15-5-7-18(8-6-15)25-13-16-11-17(24)12-21(28-2)22(16)27/h4-13,27H,3H2,1-2H3. The highest BCUT2D eigenvalue weighted by Gasteiger charge is 2.10. The van der Waals surface area contributed by atoms with Crippen molar-refractivity contribution < 1.29 is 14.3 Å². The van der Waals surface area contributed by atoms with Crippen LogP contribution in [0.15, 0.2) is 68.5 Å². The first-order chi connectivity index (χ1) is 14.1. The van der Waals surface area contributed by atoms with Gasteiger partial charge in [0, 0.05) is 21.8 Å². The van der Waals surface area contributed by atoms with Gasteiger partial charge in [0.15, 0.2) is 17.1 Å². The maximum Gasteiger partial charge on any atom is 0.227 e. The number of benzene rings is 3. The Labute approximate surface area is 176 Å². The Morgan fingerprint density at radius 2 is 1.93 bits per heavy atom. The zero-order valence-corrected chi connectivity index (χ0v) is 17.6. The molecule has 0 saturated heterocycles. The fourth-order valence-corrected chi connectivity index (χ4v) is 3.45. The van der Waals surface area contributed by atoms with Crippen molar-refractivity contribution in [2.75, 3.05) is 7.11 Å². The molecule has 0 bridgehead atoms. The molecule has 0 amide bonds. The largest absolute Gasteiger partial charge is 0.504 e. The van der Waals surface area contributed by atoms with Crippen LogP contribution in [0.4, 0.5) is 5.69 Å². The molecule has 0 aliphatic carbocycles. The van der Waals surface area contributed by atoms with E-state index in [-0.39, 0.29) is 5.75 Å². The second-order valence-corrected chi connectivity index (χ2v) is 7.44. The van der Waals surface area contributed by atoms with Gasteiger partial charge >= 0.3 is 0 Å². The molecular weight excluding hydrogens is 432 g/mol. The first-order valence-corrected chi connectivity index (χ1v) is 9.97. The molecule has 146 valence electrons. The third kappa shape index (κ3) is 4.03. The number of hydrogen-bond donors (Lipinski definition) is 1. The van der Waals surface area contributed by atoms with Crippen molar-refractivity contribution in [1.29, 1.82) is 0 Å². The van der Waals surface area contributed by atoms with Crippen molar-refractivity contribution in [3.63, 3.8) is 0 Å². The van der Waals surface area contributed by atoms with E-state index in [2.05, 4.69) is 45.0 Å². The molecule has 5 nitrogen and oxygen atoms in total. The van der Waals surface area contributed by atoms with E-state index >= 15 is 0 Å². The number of phenolic OH excluding ortho intramolecular Hbond substituents is 1. The molecule has 29 heavy (non-hydrogen) atoms. The summed E-state index contributed by atoms with van der Waals surface area (Å²) in [7, 11) is 1.51. The Bertz CT molecular complexity index is 1200. The maximum atomic E-state index is 10.2. The van der Waals surface area contributed by atoms with Crippen molar-refractivity contribution in [3.8, 4) is 23.0 Å². The van der Waals surface area contributed by atoms with Crippen LogP contribution < -0.4 is 4.74 Å². The number of rotatable bonds is 5. The van der Waals surface area contributed by atoms with Gasteiger partial charge in [-0.3, -0.25) is 4.99 Å². The average molecular weight is 451 g/mol. The van der Waals surface area contributed by atoms with Gasteiger partial charge in [-0.1, -0.05) is 28.9 Å². The second kappa shape index (κ2) is 8.09. The molecule has 1 N–H and O–H groups in total. The molecule has 0 fully saturated rings. The first kappa shape index (κ1) is 19.2.